The first kappa shape index (κ1) is 27.0. The Morgan fingerprint density at radius 1 is 1.00 bits per heavy atom. The molecule has 10 heteroatoms. The first-order valence-corrected chi connectivity index (χ1v) is 15.0. The minimum absolute atomic E-state index is 0.146. The zero-order valence-electron chi connectivity index (χ0n) is 22.0. The highest BCUT2D eigenvalue weighted by Gasteiger charge is 2.27. The van der Waals surface area contributed by atoms with Crippen molar-refractivity contribution < 1.29 is 14.3 Å². The average molecular weight is 562 g/mol. The molecule has 0 saturated heterocycles. The fraction of sp³-hybridized carbons (Fsp3) is 0.310. The number of hydrogen-bond acceptors (Lipinski definition) is 7. The van der Waals surface area contributed by atoms with Gasteiger partial charge in [0.25, 0.3) is 5.91 Å². The molecular formula is C29H31N5O3S2. The van der Waals surface area contributed by atoms with Crippen molar-refractivity contribution >= 4 is 45.6 Å². The standard InChI is InChI=1S/C29H31N5O3S2/c1-3-34-26(20-14-8-10-16-22(20)37-4-2)32-33-29(34)38-18-24(35)31-28-25(21-15-9-11-17-23(21)39-28)27(36)30-19-12-6-5-7-13-19/h5-8,10,12-14,16H,3-4,9,11,15,17-18H2,1-2H3,(H,30,36)(H,31,35). The van der Waals surface area contributed by atoms with Crippen molar-refractivity contribution in [3.63, 3.8) is 0 Å². The molecule has 0 saturated carbocycles. The summed E-state index contributed by atoms with van der Waals surface area (Å²) in [5.74, 6) is 1.23. The summed E-state index contributed by atoms with van der Waals surface area (Å²) >= 11 is 2.84. The van der Waals surface area contributed by atoms with Crippen LogP contribution in [0.25, 0.3) is 11.4 Å². The highest BCUT2D eigenvalue weighted by Crippen LogP contribution is 2.39. The van der Waals surface area contributed by atoms with E-state index in [1.54, 1.807) is 0 Å². The van der Waals surface area contributed by atoms with Crippen molar-refractivity contribution in [3.05, 3.63) is 70.6 Å². The van der Waals surface area contributed by atoms with Crippen LogP contribution in [0.15, 0.2) is 59.8 Å². The van der Waals surface area contributed by atoms with Crippen LogP contribution in [-0.4, -0.2) is 38.9 Å². The number of anilines is 2. The molecule has 0 aliphatic heterocycles. The number of hydrogen-bond donors (Lipinski definition) is 2. The molecule has 39 heavy (non-hydrogen) atoms. The first-order chi connectivity index (χ1) is 19.1. The van der Waals surface area contributed by atoms with Crippen LogP contribution in [0.5, 0.6) is 5.75 Å². The number of amides is 2. The number of aromatic nitrogens is 3. The third-order valence-electron chi connectivity index (χ3n) is 6.48. The van der Waals surface area contributed by atoms with E-state index in [-0.39, 0.29) is 17.6 Å². The van der Waals surface area contributed by atoms with Gasteiger partial charge in [-0.25, -0.2) is 0 Å². The lowest BCUT2D eigenvalue weighted by Gasteiger charge is -2.13. The largest absolute Gasteiger partial charge is 0.493 e. The van der Waals surface area contributed by atoms with Crippen molar-refractivity contribution in [2.75, 3.05) is 23.0 Å². The maximum absolute atomic E-state index is 13.3. The molecule has 2 N–H and O–H groups in total. The van der Waals surface area contributed by atoms with Crippen molar-refractivity contribution in [2.24, 2.45) is 0 Å². The van der Waals surface area contributed by atoms with Gasteiger partial charge in [-0.1, -0.05) is 42.1 Å². The minimum atomic E-state index is -0.188. The number of fused-ring (bicyclic) bond motifs is 1. The predicted molar refractivity (Wildman–Crippen MR) is 157 cm³/mol. The van der Waals surface area contributed by atoms with E-state index in [4.69, 9.17) is 4.74 Å². The van der Waals surface area contributed by atoms with Crippen LogP contribution in [0.3, 0.4) is 0 Å². The number of carbonyl (C=O) groups excluding carboxylic acids is 2. The number of ether oxygens (including phenoxy) is 1. The Hall–Kier alpha value is -3.63. The molecule has 1 aliphatic carbocycles. The smallest absolute Gasteiger partial charge is 0.258 e. The third kappa shape index (κ3) is 6.02. The maximum Gasteiger partial charge on any atom is 0.258 e. The van der Waals surface area contributed by atoms with E-state index < -0.39 is 0 Å². The average Bonchev–Trinajstić information content (AvgIpc) is 3.53. The van der Waals surface area contributed by atoms with Crippen molar-refractivity contribution in [1.29, 1.82) is 0 Å². The van der Waals surface area contributed by atoms with E-state index in [0.29, 0.717) is 34.7 Å². The summed E-state index contributed by atoms with van der Waals surface area (Å²) in [5, 5.41) is 16.1. The highest BCUT2D eigenvalue weighted by atomic mass is 32.2. The Kier molecular flexibility index (Phi) is 8.63. The van der Waals surface area contributed by atoms with Gasteiger partial charge in [0.15, 0.2) is 11.0 Å². The molecule has 4 aromatic rings. The summed E-state index contributed by atoms with van der Waals surface area (Å²) in [6.45, 7) is 5.17. The fourth-order valence-electron chi connectivity index (χ4n) is 4.71. The van der Waals surface area contributed by atoms with Crippen molar-refractivity contribution in [3.8, 4) is 17.1 Å². The normalized spacial score (nSPS) is 12.6. The lowest BCUT2D eigenvalue weighted by Crippen LogP contribution is -2.19. The summed E-state index contributed by atoms with van der Waals surface area (Å²) in [6.07, 6.45) is 3.92. The zero-order valence-corrected chi connectivity index (χ0v) is 23.7. The topological polar surface area (TPSA) is 98.1 Å². The molecule has 5 rings (SSSR count). The number of rotatable bonds is 10. The maximum atomic E-state index is 13.3. The molecule has 0 unspecified atom stereocenters. The molecular weight excluding hydrogens is 530 g/mol. The zero-order chi connectivity index (χ0) is 27.2. The molecule has 2 heterocycles. The number of carbonyl (C=O) groups is 2. The van der Waals surface area contributed by atoms with E-state index in [2.05, 4.69) is 20.8 Å². The van der Waals surface area contributed by atoms with Crippen LogP contribution >= 0.6 is 23.1 Å². The van der Waals surface area contributed by atoms with Gasteiger partial charge in [0, 0.05) is 17.1 Å². The first-order valence-electron chi connectivity index (χ1n) is 13.2. The second-order valence-electron chi connectivity index (χ2n) is 9.05. The van der Waals surface area contributed by atoms with Crippen molar-refractivity contribution in [1.82, 2.24) is 14.8 Å². The van der Waals surface area contributed by atoms with Crippen molar-refractivity contribution in [2.45, 2.75) is 51.2 Å². The number of nitrogens with one attached hydrogen (secondary N) is 2. The van der Waals surface area contributed by atoms with E-state index >= 15 is 0 Å². The van der Waals surface area contributed by atoms with E-state index in [0.717, 1.165) is 48.2 Å². The second kappa shape index (κ2) is 12.5. The molecule has 0 bridgehead atoms. The van der Waals surface area contributed by atoms with Crippen LogP contribution in [0.4, 0.5) is 10.7 Å². The number of aryl methyl sites for hydroxylation is 1. The Balaban J connectivity index is 1.32. The van der Waals surface area contributed by atoms with Gasteiger partial charge >= 0.3 is 0 Å². The summed E-state index contributed by atoms with van der Waals surface area (Å²) in [4.78, 5) is 27.6. The van der Waals surface area contributed by atoms with Crippen LogP contribution in [0.1, 0.15) is 47.5 Å². The van der Waals surface area contributed by atoms with Gasteiger partial charge in [-0.15, -0.1) is 21.5 Å². The van der Waals surface area contributed by atoms with E-state index in [1.165, 1.54) is 28.0 Å². The Bertz CT molecular complexity index is 1470. The molecule has 0 fully saturated rings. The Morgan fingerprint density at radius 3 is 2.56 bits per heavy atom. The summed E-state index contributed by atoms with van der Waals surface area (Å²) in [7, 11) is 0. The van der Waals surface area contributed by atoms with Crippen LogP contribution in [0.2, 0.25) is 0 Å². The van der Waals surface area contributed by atoms with Crippen LogP contribution in [-0.2, 0) is 24.2 Å². The molecule has 0 atom stereocenters. The van der Waals surface area contributed by atoms with Gasteiger partial charge in [-0.3, -0.25) is 9.59 Å². The number of benzene rings is 2. The molecule has 1 aliphatic rings. The van der Waals surface area contributed by atoms with Gasteiger partial charge in [0.05, 0.1) is 23.5 Å². The summed E-state index contributed by atoms with van der Waals surface area (Å²) in [5.41, 5.74) is 3.24. The monoisotopic (exact) mass is 561 g/mol. The lowest BCUT2D eigenvalue weighted by atomic mass is 9.95. The molecule has 2 aromatic carbocycles. The number of thioether (sulfide) groups is 1. The lowest BCUT2D eigenvalue weighted by molar-refractivity contribution is -0.113. The summed E-state index contributed by atoms with van der Waals surface area (Å²) < 4.78 is 7.77. The van der Waals surface area contributed by atoms with Gasteiger partial charge in [0.2, 0.25) is 5.91 Å². The number of thiophene rings is 1. The Morgan fingerprint density at radius 2 is 1.77 bits per heavy atom. The molecule has 0 radical (unpaired) electrons. The van der Waals surface area contributed by atoms with Crippen LogP contribution in [0, 0.1) is 0 Å². The SMILES string of the molecule is CCOc1ccccc1-c1nnc(SCC(=O)Nc2sc3c(c2C(=O)Nc2ccccc2)CCCC3)n1CC. The predicted octanol–water partition coefficient (Wildman–Crippen LogP) is 6.29. The molecule has 2 aromatic heterocycles. The quantitative estimate of drug-likeness (QED) is 0.221. The molecule has 8 nitrogen and oxygen atoms in total. The van der Waals surface area contributed by atoms with Gasteiger partial charge < -0.3 is 19.9 Å². The third-order valence-corrected chi connectivity index (χ3v) is 8.65. The van der Waals surface area contributed by atoms with Crippen LogP contribution < -0.4 is 15.4 Å². The van der Waals surface area contributed by atoms with Gasteiger partial charge in [-0.05, 0) is 69.4 Å². The fourth-order valence-corrected chi connectivity index (χ4v) is 6.82. The van der Waals surface area contributed by atoms with Gasteiger partial charge in [0.1, 0.15) is 10.8 Å². The van der Waals surface area contributed by atoms with E-state index in [9.17, 15) is 9.59 Å². The molecule has 0 spiro atoms. The number of nitrogens with zero attached hydrogens (tertiary/aromatic N) is 3. The molecule has 202 valence electrons. The Labute approximate surface area is 236 Å². The van der Waals surface area contributed by atoms with Gasteiger partial charge in [-0.2, -0.15) is 0 Å². The second-order valence-corrected chi connectivity index (χ2v) is 11.1. The van der Waals surface area contributed by atoms with E-state index in [1.807, 2.05) is 73.0 Å². The molecule has 2 amide bonds. The number of para-hydroxylation sites is 2. The minimum Gasteiger partial charge on any atom is -0.493 e. The summed E-state index contributed by atoms with van der Waals surface area (Å²) in [6, 6.07) is 17.1. The highest BCUT2D eigenvalue weighted by molar-refractivity contribution is 7.99.